The Balaban J connectivity index is 2.81. The first-order chi connectivity index (χ1) is 7.15. The second kappa shape index (κ2) is 3.87. The molecule has 0 aliphatic heterocycles. The van der Waals surface area contributed by atoms with E-state index in [1.54, 1.807) is 0 Å². The van der Waals surface area contributed by atoms with E-state index in [0.717, 1.165) is 16.5 Å². The summed E-state index contributed by atoms with van der Waals surface area (Å²) in [5.41, 5.74) is 1.98. The summed E-state index contributed by atoms with van der Waals surface area (Å²) in [5, 5.41) is 11.0. The number of aliphatic hydroxyl groups excluding tert-OH is 1. The molecule has 2 nitrogen and oxygen atoms in total. The molecule has 1 heterocycles. The maximum Gasteiger partial charge on any atom is 0.0703 e. The molecule has 2 aromatic rings. The van der Waals surface area contributed by atoms with Crippen molar-refractivity contribution in [2.24, 2.45) is 0 Å². The van der Waals surface area contributed by atoms with E-state index in [2.05, 4.69) is 18.4 Å². The minimum absolute atomic E-state index is 0.0277. The summed E-state index contributed by atoms with van der Waals surface area (Å²) in [6, 6.07) is 6.19. The number of nitrogens with zero attached hydrogens (tertiary/aromatic N) is 1. The van der Waals surface area contributed by atoms with Gasteiger partial charge in [0.25, 0.3) is 0 Å². The van der Waals surface area contributed by atoms with Gasteiger partial charge in [0.2, 0.25) is 0 Å². The van der Waals surface area contributed by atoms with E-state index in [-0.39, 0.29) is 6.61 Å². The van der Waals surface area contributed by atoms with Crippen LogP contribution in [0, 0.1) is 0 Å². The average molecular weight is 224 g/mol. The van der Waals surface area contributed by atoms with Crippen LogP contribution in [0.25, 0.3) is 10.9 Å². The lowest BCUT2D eigenvalue weighted by molar-refractivity contribution is 0.283. The maximum atomic E-state index is 9.28. The number of aromatic nitrogens is 1. The zero-order valence-corrected chi connectivity index (χ0v) is 9.62. The number of hydrogen-bond acceptors (Lipinski definition) is 1. The van der Waals surface area contributed by atoms with Crippen LogP contribution in [0.4, 0.5) is 0 Å². The summed E-state index contributed by atoms with van der Waals surface area (Å²) in [6.07, 6.45) is 1.97. The van der Waals surface area contributed by atoms with Gasteiger partial charge < -0.3 is 9.67 Å². The van der Waals surface area contributed by atoms with E-state index in [1.165, 1.54) is 0 Å². The molecule has 0 spiro atoms. The summed E-state index contributed by atoms with van der Waals surface area (Å²) >= 11 is 6.13. The van der Waals surface area contributed by atoms with Crippen molar-refractivity contribution in [3.8, 4) is 0 Å². The molecule has 0 radical (unpaired) electrons. The largest absolute Gasteiger partial charge is 0.392 e. The number of hydrogen-bond donors (Lipinski definition) is 1. The summed E-state index contributed by atoms with van der Waals surface area (Å²) in [7, 11) is 0. The highest BCUT2D eigenvalue weighted by Crippen LogP contribution is 2.30. The van der Waals surface area contributed by atoms with Crippen molar-refractivity contribution in [3.05, 3.63) is 35.0 Å². The molecule has 1 aromatic carbocycles. The van der Waals surface area contributed by atoms with E-state index in [1.807, 2.05) is 24.4 Å². The second-order valence-corrected chi connectivity index (χ2v) is 4.35. The van der Waals surface area contributed by atoms with Gasteiger partial charge in [0.15, 0.2) is 0 Å². The lowest BCUT2D eigenvalue weighted by atomic mass is 10.2. The number of rotatable bonds is 2. The predicted octanol–water partition coefficient (Wildman–Crippen LogP) is 3.37. The molecule has 0 bridgehead atoms. The van der Waals surface area contributed by atoms with Crippen LogP contribution in [0.15, 0.2) is 24.4 Å². The Kier molecular flexibility index (Phi) is 2.72. The van der Waals surface area contributed by atoms with Gasteiger partial charge in [-0.2, -0.15) is 0 Å². The highest BCUT2D eigenvalue weighted by molar-refractivity contribution is 6.35. The van der Waals surface area contributed by atoms with E-state index >= 15 is 0 Å². The molecule has 15 heavy (non-hydrogen) atoms. The minimum atomic E-state index is 0.0277. The zero-order valence-electron chi connectivity index (χ0n) is 8.87. The molecule has 3 heteroatoms. The molecular formula is C12H14ClNO. The van der Waals surface area contributed by atoms with Crippen LogP contribution in [-0.2, 0) is 6.61 Å². The molecule has 0 aliphatic carbocycles. The van der Waals surface area contributed by atoms with Gasteiger partial charge >= 0.3 is 0 Å². The Morgan fingerprint density at radius 2 is 2.13 bits per heavy atom. The highest BCUT2D eigenvalue weighted by atomic mass is 35.5. The number of fused-ring (bicyclic) bond motifs is 1. The van der Waals surface area contributed by atoms with Crippen LogP contribution in [0.5, 0.6) is 0 Å². The summed E-state index contributed by atoms with van der Waals surface area (Å²) < 4.78 is 2.13. The van der Waals surface area contributed by atoms with Crippen molar-refractivity contribution in [1.29, 1.82) is 0 Å². The molecule has 0 aliphatic rings. The fourth-order valence-electron chi connectivity index (χ4n) is 1.89. The monoisotopic (exact) mass is 223 g/mol. The molecule has 0 amide bonds. The summed E-state index contributed by atoms with van der Waals surface area (Å²) in [4.78, 5) is 0. The van der Waals surface area contributed by atoms with Crippen LogP contribution >= 0.6 is 11.6 Å². The SMILES string of the molecule is CC(C)n1cc(CO)c2c(Cl)cccc21. The fraction of sp³-hybridized carbons (Fsp3) is 0.333. The maximum absolute atomic E-state index is 9.28. The normalized spacial score (nSPS) is 11.5. The molecule has 0 saturated heterocycles. The van der Waals surface area contributed by atoms with E-state index in [4.69, 9.17) is 11.6 Å². The first kappa shape index (κ1) is 10.5. The van der Waals surface area contributed by atoms with Gasteiger partial charge in [-0.25, -0.2) is 0 Å². The van der Waals surface area contributed by atoms with Gasteiger partial charge in [-0.15, -0.1) is 0 Å². The third-order valence-corrected chi connectivity index (χ3v) is 2.93. The van der Waals surface area contributed by atoms with Gasteiger partial charge in [0.1, 0.15) is 0 Å². The second-order valence-electron chi connectivity index (χ2n) is 3.95. The van der Waals surface area contributed by atoms with Gasteiger partial charge in [-0.1, -0.05) is 17.7 Å². The first-order valence-corrected chi connectivity index (χ1v) is 5.41. The highest BCUT2D eigenvalue weighted by Gasteiger charge is 2.11. The van der Waals surface area contributed by atoms with Gasteiger partial charge in [0, 0.05) is 23.2 Å². The third-order valence-electron chi connectivity index (χ3n) is 2.61. The molecule has 80 valence electrons. The Hall–Kier alpha value is -0.990. The molecule has 0 atom stereocenters. The molecule has 1 aromatic heterocycles. The Labute approximate surface area is 94.1 Å². The third kappa shape index (κ3) is 1.64. The quantitative estimate of drug-likeness (QED) is 0.830. The van der Waals surface area contributed by atoms with Crippen LogP contribution < -0.4 is 0 Å². The summed E-state index contributed by atoms with van der Waals surface area (Å²) in [6.45, 7) is 4.25. The van der Waals surface area contributed by atoms with Crippen molar-refractivity contribution >= 4 is 22.5 Å². The van der Waals surface area contributed by atoms with Crippen molar-refractivity contribution in [2.75, 3.05) is 0 Å². The number of aliphatic hydroxyl groups is 1. The Morgan fingerprint density at radius 3 is 2.73 bits per heavy atom. The van der Waals surface area contributed by atoms with Crippen molar-refractivity contribution in [2.45, 2.75) is 26.5 Å². The minimum Gasteiger partial charge on any atom is -0.392 e. The predicted molar refractivity (Wildman–Crippen MR) is 63.3 cm³/mol. The smallest absolute Gasteiger partial charge is 0.0703 e. The summed E-state index contributed by atoms with van der Waals surface area (Å²) in [5.74, 6) is 0. The molecule has 2 rings (SSSR count). The van der Waals surface area contributed by atoms with Gasteiger partial charge in [-0.05, 0) is 26.0 Å². The lowest BCUT2D eigenvalue weighted by Gasteiger charge is -2.08. The van der Waals surface area contributed by atoms with E-state index < -0.39 is 0 Å². The van der Waals surface area contributed by atoms with Gasteiger partial charge in [0.05, 0.1) is 17.1 Å². The van der Waals surface area contributed by atoms with Crippen molar-refractivity contribution < 1.29 is 5.11 Å². The van der Waals surface area contributed by atoms with Crippen LogP contribution in [0.2, 0.25) is 5.02 Å². The van der Waals surface area contributed by atoms with Crippen molar-refractivity contribution in [3.63, 3.8) is 0 Å². The lowest BCUT2D eigenvalue weighted by Crippen LogP contribution is -1.97. The van der Waals surface area contributed by atoms with E-state index in [9.17, 15) is 5.11 Å². The van der Waals surface area contributed by atoms with Crippen LogP contribution in [0.1, 0.15) is 25.5 Å². The number of halogens is 1. The van der Waals surface area contributed by atoms with Crippen molar-refractivity contribution in [1.82, 2.24) is 4.57 Å². The molecule has 0 saturated carbocycles. The average Bonchev–Trinajstić information content (AvgIpc) is 2.58. The topological polar surface area (TPSA) is 25.2 Å². The molecule has 0 fully saturated rings. The zero-order chi connectivity index (χ0) is 11.0. The molecule has 0 unspecified atom stereocenters. The fourth-order valence-corrected chi connectivity index (χ4v) is 2.19. The van der Waals surface area contributed by atoms with Crippen LogP contribution in [-0.4, -0.2) is 9.67 Å². The molecular weight excluding hydrogens is 210 g/mol. The Morgan fingerprint density at radius 1 is 1.40 bits per heavy atom. The Bertz CT molecular complexity index is 488. The standard InChI is InChI=1S/C12H14ClNO/c1-8(2)14-6-9(7-15)12-10(13)4-3-5-11(12)14/h3-6,8,15H,7H2,1-2H3. The number of benzene rings is 1. The molecule has 1 N–H and O–H groups in total. The van der Waals surface area contributed by atoms with E-state index in [0.29, 0.717) is 11.1 Å². The first-order valence-electron chi connectivity index (χ1n) is 5.04. The van der Waals surface area contributed by atoms with Gasteiger partial charge in [-0.3, -0.25) is 0 Å². The van der Waals surface area contributed by atoms with Crippen LogP contribution in [0.3, 0.4) is 0 Å².